The molecule has 0 amide bonds. The normalized spacial score (nSPS) is 31.5. The summed E-state index contributed by atoms with van der Waals surface area (Å²) in [5, 5.41) is 1.16. The van der Waals surface area contributed by atoms with Crippen LogP contribution in [0.3, 0.4) is 0 Å². The molecule has 0 aliphatic carbocycles. The maximum atomic E-state index is 6.07. The third-order valence-corrected chi connectivity index (χ3v) is 5.18. The van der Waals surface area contributed by atoms with Crippen molar-refractivity contribution in [2.75, 3.05) is 0 Å². The molecule has 112 valence electrons. The zero-order valence-corrected chi connectivity index (χ0v) is 13.6. The fraction of sp³-hybridized carbons (Fsp3) is 0.600. The fourth-order valence-electron chi connectivity index (χ4n) is 3.21. The predicted octanol–water partition coefficient (Wildman–Crippen LogP) is 3.43. The third kappa shape index (κ3) is 3.29. The summed E-state index contributed by atoms with van der Waals surface area (Å²) in [7, 11) is 0. The molecular formula is C15H22Cl2N2O. The van der Waals surface area contributed by atoms with E-state index in [2.05, 4.69) is 26.2 Å². The first-order valence-electron chi connectivity index (χ1n) is 6.99. The van der Waals surface area contributed by atoms with Crippen molar-refractivity contribution < 1.29 is 4.74 Å². The first kappa shape index (κ1) is 16.1. The van der Waals surface area contributed by atoms with Crippen LogP contribution in [0.25, 0.3) is 0 Å². The molecule has 1 heterocycles. The summed E-state index contributed by atoms with van der Waals surface area (Å²) >= 11 is 12.0. The van der Waals surface area contributed by atoms with Crippen molar-refractivity contribution in [1.29, 1.82) is 0 Å². The number of benzene rings is 1. The highest BCUT2D eigenvalue weighted by Gasteiger charge is 2.41. The highest BCUT2D eigenvalue weighted by molar-refractivity contribution is 6.42. The molecule has 5 heteroatoms. The molecule has 0 aromatic heterocycles. The molecule has 3 N–H and O–H groups in total. The van der Waals surface area contributed by atoms with E-state index in [0.29, 0.717) is 21.9 Å². The minimum absolute atomic E-state index is 0.155. The van der Waals surface area contributed by atoms with Gasteiger partial charge < -0.3 is 4.74 Å². The lowest BCUT2D eigenvalue weighted by Crippen LogP contribution is -2.46. The van der Waals surface area contributed by atoms with E-state index < -0.39 is 0 Å². The van der Waals surface area contributed by atoms with Crippen molar-refractivity contribution in [1.82, 2.24) is 5.43 Å². The summed E-state index contributed by atoms with van der Waals surface area (Å²) in [6.07, 6.45) is 1.27. The van der Waals surface area contributed by atoms with E-state index in [0.717, 1.165) is 12.0 Å². The van der Waals surface area contributed by atoms with Crippen LogP contribution in [0.4, 0.5) is 0 Å². The first-order valence-corrected chi connectivity index (χ1v) is 7.75. The zero-order valence-electron chi connectivity index (χ0n) is 12.1. The van der Waals surface area contributed by atoms with E-state index >= 15 is 0 Å². The summed E-state index contributed by atoms with van der Waals surface area (Å²) < 4.78 is 5.91. The Morgan fingerprint density at radius 3 is 2.40 bits per heavy atom. The van der Waals surface area contributed by atoms with Crippen LogP contribution in [-0.2, 0) is 11.2 Å². The van der Waals surface area contributed by atoms with Crippen LogP contribution >= 0.6 is 23.2 Å². The van der Waals surface area contributed by atoms with E-state index in [1.165, 1.54) is 0 Å². The van der Waals surface area contributed by atoms with Gasteiger partial charge in [0.15, 0.2) is 0 Å². The number of hydrogen-bond acceptors (Lipinski definition) is 3. The molecule has 1 saturated heterocycles. The number of hydrazine groups is 1. The van der Waals surface area contributed by atoms with E-state index in [9.17, 15) is 0 Å². The van der Waals surface area contributed by atoms with Gasteiger partial charge in [0.25, 0.3) is 0 Å². The smallest absolute Gasteiger partial charge is 0.0597 e. The second kappa shape index (κ2) is 6.63. The lowest BCUT2D eigenvalue weighted by molar-refractivity contribution is 0.0476. The van der Waals surface area contributed by atoms with E-state index in [1.807, 2.05) is 18.2 Å². The van der Waals surface area contributed by atoms with Gasteiger partial charge in [-0.2, -0.15) is 0 Å². The second-order valence-corrected chi connectivity index (χ2v) is 6.52. The van der Waals surface area contributed by atoms with Crippen LogP contribution in [0.15, 0.2) is 18.2 Å². The lowest BCUT2D eigenvalue weighted by atomic mass is 9.81. The van der Waals surface area contributed by atoms with Gasteiger partial charge in [0, 0.05) is 12.0 Å². The van der Waals surface area contributed by atoms with Gasteiger partial charge >= 0.3 is 0 Å². The molecule has 2 rings (SSSR count). The summed E-state index contributed by atoms with van der Waals surface area (Å²) in [6.45, 7) is 6.45. The van der Waals surface area contributed by atoms with Crippen molar-refractivity contribution in [3.05, 3.63) is 33.8 Å². The Balaban J connectivity index is 2.14. The zero-order chi connectivity index (χ0) is 14.9. The van der Waals surface area contributed by atoms with Crippen LogP contribution in [-0.4, -0.2) is 18.2 Å². The summed E-state index contributed by atoms with van der Waals surface area (Å²) in [5.41, 5.74) is 4.08. The predicted molar refractivity (Wildman–Crippen MR) is 83.9 cm³/mol. The topological polar surface area (TPSA) is 47.3 Å². The standard InChI is InChI=1S/C15H22Cl2N2O/c1-8-9(2)20-10(3)15(8)14(19-18)7-11-4-5-12(16)13(17)6-11/h4-6,8-10,14-15,19H,7,18H2,1-3H3. The maximum absolute atomic E-state index is 6.07. The molecule has 1 aromatic carbocycles. The summed E-state index contributed by atoms with van der Waals surface area (Å²) in [5.74, 6) is 6.62. The molecule has 1 aromatic rings. The number of nitrogens with two attached hydrogens (primary N) is 1. The Morgan fingerprint density at radius 1 is 1.20 bits per heavy atom. The van der Waals surface area contributed by atoms with Crippen molar-refractivity contribution in [2.45, 2.75) is 45.4 Å². The molecular weight excluding hydrogens is 295 g/mol. The molecule has 1 fully saturated rings. The van der Waals surface area contributed by atoms with E-state index in [-0.39, 0.29) is 18.2 Å². The average molecular weight is 317 g/mol. The minimum Gasteiger partial charge on any atom is -0.375 e. The fourth-order valence-corrected chi connectivity index (χ4v) is 3.53. The molecule has 3 nitrogen and oxygen atoms in total. The van der Waals surface area contributed by atoms with Crippen molar-refractivity contribution >= 4 is 23.2 Å². The third-order valence-electron chi connectivity index (χ3n) is 4.44. The Morgan fingerprint density at radius 2 is 1.90 bits per heavy atom. The summed E-state index contributed by atoms with van der Waals surface area (Å²) in [6, 6.07) is 5.88. The molecule has 5 atom stereocenters. The average Bonchev–Trinajstić information content (AvgIpc) is 2.65. The lowest BCUT2D eigenvalue weighted by Gasteiger charge is -2.28. The van der Waals surface area contributed by atoms with E-state index in [1.54, 1.807) is 0 Å². The molecule has 1 aliphatic heterocycles. The van der Waals surface area contributed by atoms with Gasteiger partial charge in [-0.15, -0.1) is 0 Å². The Bertz CT molecular complexity index is 469. The maximum Gasteiger partial charge on any atom is 0.0597 e. The van der Waals surface area contributed by atoms with E-state index in [4.69, 9.17) is 33.8 Å². The number of ether oxygens (including phenoxy) is 1. The largest absolute Gasteiger partial charge is 0.375 e. The van der Waals surface area contributed by atoms with Gasteiger partial charge in [-0.05, 0) is 43.9 Å². The molecule has 0 bridgehead atoms. The molecule has 20 heavy (non-hydrogen) atoms. The molecule has 0 spiro atoms. The van der Waals surface area contributed by atoms with Gasteiger partial charge in [-0.1, -0.05) is 36.2 Å². The van der Waals surface area contributed by atoms with Crippen LogP contribution < -0.4 is 11.3 Å². The number of nitrogens with one attached hydrogen (secondary N) is 1. The molecule has 0 radical (unpaired) electrons. The number of halogens is 2. The van der Waals surface area contributed by atoms with Crippen LogP contribution in [0.2, 0.25) is 10.0 Å². The van der Waals surface area contributed by atoms with Gasteiger partial charge in [0.2, 0.25) is 0 Å². The van der Waals surface area contributed by atoms with Gasteiger partial charge in [0.1, 0.15) is 0 Å². The monoisotopic (exact) mass is 316 g/mol. The summed E-state index contributed by atoms with van der Waals surface area (Å²) in [4.78, 5) is 0. The highest BCUT2D eigenvalue weighted by atomic mass is 35.5. The number of hydrogen-bond donors (Lipinski definition) is 2. The first-order chi connectivity index (χ1) is 9.43. The quantitative estimate of drug-likeness (QED) is 0.661. The van der Waals surface area contributed by atoms with Crippen LogP contribution in [0, 0.1) is 11.8 Å². The minimum atomic E-state index is 0.155. The van der Waals surface area contributed by atoms with Gasteiger partial charge in [0.05, 0.1) is 22.3 Å². The molecule has 0 saturated carbocycles. The van der Waals surface area contributed by atoms with Crippen LogP contribution in [0.1, 0.15) is 26.3 Å². The highest BCUT2D eigenvalue weighted by Crippen LogP contribution is 2.35. The van der Waals surface area contributed by atoms with Gasteiger partial charge in [-0.25, -0.2) is 0 Å². The van der Waals surface area contributed by atoms with Crippen molar-refractivity contribution in [2.24, 2.45) is 17.7 Å². The second-order valence-electron chi connectivity index (χ2n) is 5.71. The van der Waals surface area contributed by atoms with Crippen molar-refractivity contribution in [3.63, 3.8) is 0 Å². The molecule has 5 unspecified atom stereocenters. The Hall–Kier alpha value is -0.320. The van der Waals surface area contributed by atoms with Gasteiger partial charge in [-0.3, -0.25) is 11.3 Å². The Kier molecular flexibility index (Phi) is 5.32. The Labute approximate surface area is 130 Å². The van der Waals surface area contributed by atoms with Crippen molar-refractivity contribution in [3.8, 4) is 0 Å². The SMILES string of the molecule is CC1OC(C)C(C(Cc2ccc(Cl)c(Cl)c2)NN)C1C. The molecule has 1 aliphatic rings. The van der Waals surface area contributed by atoms with Crippen LogP contribution in [0.5, 0.6) is 0 Å². The number of rotatable bonds is 4.